The quantitative estimate of drug-likeness (QED) is 0.821. The molecule has 5 nitrogen and oxygen atoms in total. The molecule has 0 saturated carbocycles. The topological polar surface area (TPSA) is 66.5 Å². The average molecular weight is 308 g/mol. The molecule has 1 aromatic heterocycles. The molecule has 0 bridgehead atoms. The van der Waals surface area contributed by atoms with E-state index in [1.807, 2.05) is 31.4 Å². The zero-order valence-corrected chi connectivity index (χ0v) is 13.1. The van der Waals surface area contributed by atoms with E-state index in [1.165, 1.54) is 16.2 Å². The van der Waals surface area contributed by atoms with Crippen LogP contribution in [-0.2, 0) is 9.59 Å². The largest absolute Gasteiger partial charge is 0.331 e. The fraction of sp³-hybridized carbons (Fsp3) is 0.533. The van der Waals surface area contributed by atoms with E-state index in [0.29, 0.717) is 12.8 Å². The normalized spacial score (nSPS) is 20.6. The van der Waals surface area contributed by atoms with Crippen molar-refractivity contribution >= 4 is 29.2 Å². The zero-order valence-electron chi connectivity index (χ0n) is 12.3. The maximum absolute atomic E-state index is 12.6. The van der Waals surface area contributed by atoms with E-state index in [0.717, 1.165) is 17.7 Å². The second-order valence-corrected chi connectivity index (χ2v) is 6.14. The monoisotopic (exact) mass is 308 g/mol. The van der Waals surface area contributed by atoms with Gasteiger partial charge in [0.2, 0.25) is 11.8 Å². The molecule has 0 aliphatic carbocycles. The SMILES string of the molecule is CCCC1C(=O)NC(=O)N(C(CCC)c2cccs2)C1=O. The molecule has 114 valence electrons. The summed E-state index contributed by atoms with van der Waals surface area (Å²) >= 11 is 1.53. The highest BCUT2D eigenvalue weighted by Crippen LogP contribution is 2.32. The Morgan fingerprint density at radius 1 is 1.29 bits per heavy atom. The van der Waals surface area contributed by atoms with Crippen LogP contribution in [0.15, 0.2) is 17.5 Å². The Kier molecular flexibility index (Phi) is 5.12. The number of hydrogen-bond acceptors (Lipinski definition) is 4. The summed E-state index contributed by atoms with van der Waals surface area (Å²) in [5, 5.41) is 4.26. The summed E-state index contributed by atoms with van der Waals surface area (Å²) in [5.41, 5.74) is 0. The van der Waals surface area contributed by atoms with Crippen LogP contribution in [0.3, 0.4) is 0 Å². The number of carbonyl (C=O) groups is 3. The van der Waals surface area contributed by atoms with Crippen LogP contribution < -0.4 is 5.32 Å². The van der Waals surface area contributed by atoms with Crippen LogP contribution in [0, 0.1) is 5.92 Å². The molecule has 1 fully saturated rings. The van der Waals surface area contributed by atoms with E-state index in [1.54, 1.807) is 0 Å². The van der Waals surface area contributed by atoms with Gasteiger partial charge in [-0.2, -0.15) is 0 Å². The minimum Gasteiger partial charge on any atom is -0.277 e. The lowest BCUT2D eigenvalue weighted by Gasteiger charge is -2.35. The molecule has 6 heteroatoms. The Morgan fingerprint density at radius 2 is 2.05 bits per heavy atom. The van der Waals surface area contributed by atoms with Crippen molar-refractivity contribution in [1.29, 1.82) is 0 Å². The number of nitrogens with zero attached hydrogens (tertiary/aromatic N) is 1. The smallest absolute Gasteiger partial charge is 0.277 e. The van der Waals surface area contributed by atoms with Crippen molar-refractivity contribution in [2.24, 2.45) is 5.92 Å². The highest BCUT2D eigenvalue weighted by atomic mass is 32.1. The Morgan fingerprint density at radius 3 is 2.62 bits per heavy atom. The molecule has 21 heavy (non-hydrogen) atoms. The van der Waals surface area contributed by atoms with E-state index in [-0.39, 0.29) is 11.9 Å². The molecule has 0 spiro atoms. The summed E-state index contributed by atoms with van der Waals surface area (Å²) in [6.45, 7) is 3.94. The van der Waals surface area contributed by atoms with Crippen LogP contribution in [0.25, 0.3) is 0 Å². The molecule has 1 aliphatic heterocycles. The van der Waals surface area contributed by atoms with Gasteiger partial charge in [-0.1, -0.05) is 32.8 Å². The van der Waals surface area contributed by atoms with Gasteiger partial charge >= 0.3 is 6.03 Å². The molecule has 1 aromatic rings. The Bertz CT molecular complexity index is 527. The fourth-order valence-electron chi connectivity index (χ4n) is 2.62. The minimum atomic E-state index is -0.744. The van der Waals surface area contributed by atoms with Crippen LogP contribution >= 0.6 is 11.3 Å². The van der Waals surface area contributed by atoms with Gasteiger partial charge in [-0.05, 0) is 24.3 Å². The molecule has 4 amide bonds. The summed E-state index contributed by atoms with van der Waals surface area (Å²) in [4.78, 5) is 38.8. The number of imide groups is 2. The van der Waals surface area contributed by atoms with Crippen LogP contribution in [0.4, 0.5) is 4.79 Å². The lowest BCUT2D eigenvalue weighted by atomic mass is 9.97. The number of thiophene rings is 1. The summed E-state index contributed by atoms with van der Waals surface area (Å²) in [6, 6.07) is 2.96. The number of hydrogen-bond donors (Lipinski definition) is 1. The molecular formula is C15H20N2O3S. The third kappa shape index (κ3) is 3.15. The Balaban J connectivity index is 2.31. The summed E-state index contributed by atoms with van der Waals surface area (Å²) in [6.07, 6.45) is 2.75. The number of nitrogens with one attached hydrogen (secondary N) is 1. The number of urea groups is 1. The van der Waals surface area contributed by atoms with E-state index < -0.39 is 17.9 Å². The minimum absolute atomic E-state index is 0.282. The standard InChI is InChI=1S/C15H20N2O3S/c1-3-6-10-13(18)16-15(20)17(14(10)19)11(7-4-2)12-8-5-9-21-12/h5,8-11H,3-4,6-7H2,1-2H3,(H,16,18,20). The van der Waals surface area contributed by atoms with Crippen molar-refractivity contribution in [3.63, 3.8) is 0 Å². The van der Waals surface area contributed by atoms with Gasteiger partial charge in [0.25, 0.3) is 0 Å². The second-order valence-electron chi connectivity index (χ2n) is 5.16. The first-order valence-electron chi connectivity index (χ1n) is 7.31. The summed E-state index contributed by atoms with van der Waals surface area (Å²) in [5.74, 6) is -1.58. The molecule has 1 saturated heterocycles. The molecule has 2 heterocycles. The van der Waals surface area contributed by atoms with Gasteiger partial charge in [0, 0.05) is 4.88 Å². The van der Waals surface area contributed by atoms with Gasteiger partial charge in [-0.15, -0.1) is 11.3 Å². The number of rotatable bonds is 6. The first-order valence-corrected chi connectivity index (χ1v) is 8.19. The lowest BCUT2D eigenvalue weighted by Crippen LogP contribution is -2.58. The first kappa shape index (κ1) is 15.7. The molecule has 0 aromatic carbocycles. The maximum Gasteiger partial charge on any atom is 0.331 e. The summed E-state index contributed by atoms with van der Waals surface area (Å²) in [7, 11) is 0. The van der Waals surface area contributed by atoms with Crippen molar-refractivity contribution < 1.29 is 14.4 Å². The lowest BCUT2D eigenvalue weighted by molar-refractivity contribution is -0.144. The van der Waals surface area contributed by atoms with Crippen LogP contribution in [0.2, 0.25) is 0 Å². The first-order chi connectivity index (χ1) is 10.1. The molecule has 2 rings (SSSR count). The third-order valence-corrected chi connectivity index (χ3v) is 4.60. The van der Waals surface area contributed by atoms with Crippen molar-refractivity contribution in [3.8, 4) is 0 Å². The van der Waals surface area contributed by atoms with Gasteiger partial charge in [-0.25, -0.2) is 4.79 Å². The van der Waals surface area contributed by atoms with Crippen LogP contribution in [0.1, 0.15) is 50.4 Å². The maximum atomic E-state index is 12.6. The molecule has 2 unspecified atom stereocenters. The van der Waals surface area contributed by atoms with Crippen molar-refractivity contribution in [2.45, 2.75) is 45.6 Å². The van der Waals surface area contributed by atoms with Crippen LogP contribution in [0.5, 0.6) is 0 Å². The third-order valence-electron chi connectivity index (χ3n) is 3.62. The molecular weight excluding hydrogens is 288 g/mol. The van der Waals surface area contributed by atoms with E-state index >= 15 is 0 Å². The van der Waals surface area contributed by atoms with Gasteiger partial charge in [0.1, 0.15) is 5.92 Å². The predicted molar refractivity (Wildman–Crippen MR) is 80.8 cm³/mol. The summed E-state index contributed by atoms with van der Waals surface area (Å²) < 4.78 is 0. The zero-order chi connectivity index (χ0) is 15.4. The van der Waals surface area contributed by atoms with Crippen molar-refractivity contribution in [1.82, 2.24) is 10.2 Å². The highest BCUT2D eigenvalue weighted by Gasteiger charge is 2.43. The fourth-order valence-corrected chi connectivity index (χ4v) is 3.48. The molecule has 1 aliphatic rings. The Labute approximate surface area is 128 Å². The highest BCUT2D eigenvalue weighted by molar-refractivity contribution is 7.10. The van der Waals surface area contributed by atoms with E-state index in [4.69, 9.17) is 0 Å². The number of barbiturate groups is 1. The van der Waals surface area contributed by atoms with E-state index in [9.17, 15) is 14.4 Å². The molecule has 0 radical (unpaired) electrons. The average Bonchev–Trinajstić information content (AvgIpc) is 2.96. The predicted octanol–water partition coefficient (Wildman–Crippen LogP) is 3.08. The van der Waals surface area contributed by atoms with Crippen molar-refractivity contribution in [3.05, 3.63) is 22.4 Å². The van der Waals surface area contributed by atoms with Crippen LogP contribution in [-0.4, -0.2) is 22.7 Å². The number of amides is 4. The molecule has 1 N–H and O–H groups in total. The van der Waals surface area contributed by atoms with Gasteiger partial charge in [-0.3, -0.25) is 19.8 Å². The van der Waals surface area contributed by atoms with E-state index in [2.05, 4.69) is 5.32 Å². The molecule has 2 atom stereocenters. The van der Waals surface area contributed by atoms with Gasteiger partial charge < -0.3 is 0 Å². The van der Waals surface area contributed by atoms with Crippen molar-refractivity contribution in [2.75, 3.05) is 0 Å². The number of carbonyl (C=O) groups excluding carboxylic acids is 3. The van der Waals surface area contributed by atoms with Gasteiger partial charge in [0.15, 0.2) is 0 Å². The second kappa shape index (κ2) is 6.85. The van der Waals surface area contributed by atoms with Gasteiger partial charge in [0.05, 0.1) is 6.04 Å². The Hall–Kier alpha value is -1.69.